The molecule has 4 rings (SSSR count). The second-order valence-electron chi connectivity index (χ2n) is 5.73. The van der Waals surface area contributed by atoms with Crippen LogP contribution in [0.4, 0.5) is 10.1 Å². The van der Waals surface area contributed by atoms with Gasteiger partial charge in [-0.1, -0.05) is 11.6 Å². The molecule has 2 aromatic carbocycles. The number of pyridine rings is 1. The van der Waals surface area contributed by atoms with Gasteiger partial charge in [0.1, 0.15) is 11.0 Å². The molecule has 6 nitrogen and oxygen atoms in total. The van der Waals surface area contributed by atoms with E-state index in [0.29, 0.717) is 27.7 Å². The van der Waals surface area contributed by atoms with Gasteiger partial charge in [0.25, 0.3) is 5.91 Å². The lowest BCUT2D eigenvalue weighted by Crippen LogP contribution is -2.13. The Balaban J connectivity index is 1.69. The largest absolute Gasteiger partial charge is 0.419 e. The van der Waals surface area contributed by atoms with E-state index >= 15 is 0 Å². The summed E-state index contributed by atoms with van der Waals surface area (Å²) in [7, 11) is 1.59. The topological polar surface area (TPSA) is 77.1 Å². The molecule has 0 aliphatic carbocycles. The van der Waals surface area contributed by atoms with E-state index in [4.69, 9.17) is 16.0 Å². The highest BCUT2D eigenvalue weighted by Gasteiger charge is 2.15. The van der Waals surface area contributed by atoms with Gasteiger partial charge in [-0.05, 0) is 30.3 Å². The van der Waals surface area contributed by atoms with Crippen LogP contribution < -0.4 is 11.1 Å². The number of aromatic nitrogens is 2. The summed E-state index contributed by atoms with van der Waals surface area (Å²) in [5.74, 6) is -1.40. The Kier molecular flexibility index (Phi) is 3.73. The average molecular weight is 372 g/mol. The first-order chi connectivity index (χ1) is 12.4. The number of carbonyl (C=O) groups excluding carboxylic acids is 1. The number of oxazole rings is 1. The third kappa shape index (κ3) is 2.72. The van der Waals surface area contributed by atoms with Crippen molar-refractivity contribution in [3.05, 3.63) is 69.5 Å². The van der Waals surface area contributed by atoms with Crippen molar-refractivity contribution in [1.82, 2.24) is 9.55 Å². The molecule has 0 atom stereocenters. The Morgan fingerprint density at radius 2 is 2.04 bits per heavy atom. The highest BCUT2D eigenvalue weighted by atomic mass is 35.5. The number of fused-ring (bicyclic) bond motifs is 2. The smallest absolute Gasteiger partial charge is 0.408 e. The van der Waals surface area contributed by atoms with Crippen LogP contribution in [0.3, 0.4) is 0 Å². The third-order valence-corrected chi connectivity index (χ3v) is 4.32. The molecule has 8 heteroatoms. The van der Waals surface area contributed by atoms with Gasteiger partial charge in [0, 0.05) is 30.3 Å². The molecular weight excluding hydrogens is 361 g/mol. The predicted molar refractivity (Wildman–Crippen MR) is 96.1 cm³/mol. The lowest BCUT2D eigenvalue weighted by molar-refractivity contribution is 0.102. The molecular formula is C18H11ClFN3O3. The molecule has 0 radical (unpaired) electrons. The summed E-state index contributed by atoms with van der Waals surface area (Å²) < 4.78 is 19.7. The van der Waals surface area contributed by atoms with Crippen molar-refractivity contribution in [3.8, 4) is 0 Å². The molecule has 2 heterocycles. The first kappa shape index (κ1) is 16.3. The number of rotatable bonds is 2. The van der Waals surface area contributed by atoms with Crippen LogP contribution >= 0.6 is 11.6 Å². The van der Waals surface area contributed by atoms with Crippen molar-refractivity contribution in [2.45, 2.75) is 0 Å². The molecule has 1 N–H and O–H groups in total. The fourth-order valence-corrected chi connectivity index (χ4v) is 2.92. The second kappa shape index (κ2) is 5.96. The van der Waals surface area contributed by atoms with E-state index in [1.807, 2.05) is 0 Å². The normalized spacial score (nSPS) is 11.2. The summed E-state index contributed by atoms with van der Waals surface area (Å²) in [6.07, 6.45) is 0. The molecule has 0 aliphatic heterocycles. The van der Waals surface area contributed by atoms with Crippen molar-refractivity contribution < 1.29 is 13.6 Å². The lowest BCUT2D eigenvalue weighted by Gasteiger charge is -2.08. The van der Waals surface area contributed by atoms with Crippen LogP contribution in [0.25, 0.3) is 22.0 Å². The highest BCUT2D eigenvalue weighted by molar-refractivity contribution is 6.33. The quantitative estimate of drug-likeness (QED) is 0.545. The summed E-state index contributed by atoms with van der Waals surface area (Å²) in [4.78, 5) is 28.2. The van der Waals surface area contributed by atoms with Crippen LogP contribution in [-0.4, -0.2) is 15.5 Å². The lowest BCUT2D eigenvalue weighted by atomic mass is 10.1. The fourth-order valence-electron chi connectivity index (χ4n) is 2.69. The van der Waals surface area contributed by atoms with E-state index in [1.54, 1.807) is 31.3 Å². The Labute approximate surface area is 150 Å². The molecule has 0 aliphatic rings. The minimum absolute atomic E-state index is 0.0343. The van der Waals surface area contributed by atoms with E-state index in [9.17, 15) is 14.0 Å². The van der Waals surface area contributed by atoms with Gasteiger partial charge in [-0.15, -0.1) is 0 Å². The molecule has 0 saturated heterocycles. The Bertz CT molecular complexity index is 1250. The van der Waals surface area contributed by atoms with E-state index in [1.165, 1.54) is 22.8 Å². The summed E-state index contributed by atoms with van der Waals surface area (Å²) >= 11 is 6.08. The Morgan fingerprint density at radius 3 is 2.85 bits per heavy atom. The molecule has 0 fully saturated rings. The van der Waals surface area contributed by atoms with Crippen LogP contribution in [0, 0.1) is 5.82 Å². The molecule has 0 unspecified atom stereocenters. The zero-order chi connectivity index (χ0) is 18.4. The maximum absolute atomic E-state index is 13.3. The van der Waals surface area contributed by atoms with Crippen molar-refractivity contribution in [3.63, 3.8) is 0 Å². The molecule has 2 aromatic heterocycles. The van der Waals surface area contributed by atoms with Crippen LogP contribution in [-0.2, 0) is 7.05 Å². The number of amides is 1. The number of hydrogen-bond donors (Lipinski definition) is 1. The van der Waals surface area contributed by atoms with Gasteiger partial charge < -0.3 is 9.73 Å². The summed E-state index contributed by atoms with van der Waals surface area (Å²) in [5, 5.41) is 3.24. The molecule has 1 amide bonds. The van der Waals surface area contributed by atoms with Crippen molar-refractivity contribution >= 4 is 45.2 Å². The van der Waals surface area contributed by atoms with Gasteiger partial charge in [0.15, 0.2) is 5.58 Å². The van der Waals surface area contributed by atoms with Crippen molar-refractivity contribution in [1.29, 1.82) is 0 Å². The maximum atomic E-state index is 13.3. The number of hydrogen-bond acceptors (Lipinski definition) is 4. The molecule has 4 aromatic rings. The van der Waals surface area contributed by atoms with E-state index in [0.717, 1.165) is 0 Å². The monoisotopic (exact) mass is 371 g/mol. The number of halogens is 2. The van der Waals surface area contributed by atoms with Crippen LogP contribution in [0.1, 0.15) is 10.4 Å². The van der Waals surface area contributed by atoms with E-state index in [2.05, 4.69) is 10.3 Å². The van der Waals surface area contributed by atoms with Gasteiger partial charge in [-0.3, -0.25) is 9.36 Å². The van der Waals surface area contributed by atoms with Gasteiger partial charge in [0.05, 0.1) is 16.6 Å². The summed E-state index contributed by atoms with van der Waals surface area (Å²) in [6.45, 7) is 0. The predicted octanol–water partition coefficient (Wildman–Crippen LogP) is 3.72. The Morgan fingerprint density at radius 1 is 1.23 bits per heavy atom. The van der Waals surface area contributed by atoms with Crippen LogP contribution in [0.2, 0.25) is 5.15 Å². The fraction of sp³-hybridized carbons (Fsp3) is 0.0556. The average Bonchev–Trinajstić information content (AvgIpc) is 2.88. The summed E-state index contributed by atoms with van der Waals surface area (Å²) in [6, 6.07) is 10.5. The zero-order valence-electron chi connectivity index (χ0n) is 13.4. The minimum atomic E-state index is -0.488. The first-order valence-corrected chi connectivity index (χ1v) is 7.97. The van der Waals surface area contributed by atoms with Gasteiger partial charge in [-0.25, -0.2) is 14.2 Å². The number of nitrogens with one attached hydrogen (secondary N) is 1. The van der Waals surface area contributed by atoms with Gasteiger partial charge >= 0.3 is 5.76 Å². The Hall–Kier alpha value is -3.19. The minimum Gasteiger partial charge on any atom is -0.408 e. The van der Waals surface area contributed by atoms with E-state index in [-0.39, 0.29) is 10.7 Å². The van der Waals surface area contributed by atoms with Crippen molar-refractivity contribution in [2.24, 2.45) is 7.05 Å². The molecule has 0 bridgehead atoms. The highest BCUT2D eigenvalue weighted by Crippen LogP contribution is 2.23. The molecule has 130 valence electrons. The second-order valence-corrected chi connectivity index (χ2v) is 6.09. The molecule has 0 spiro atoms. The SMILES string of the molecule is Cn1c(=O)oc2cc(NC(=O)c3cc4ccc(F)cc4nc3Cl)ccc21. The summed E-state index contributed by atoms with van der Waals surface area (Å²) in [5.41, 5.74) is 1.92. The first-order valence-electron chi connectivity index (χ1n) is 7.59. The standard InChI is InChI=1S/C18H11ClFN3O3/c1-23-14-5-4-11(8-15(14)26-18(23)25)21-17(24)12-6-9-2-3-10(20)7-13(9)22-16(12)19/h2-8H,1H3,(H,21,24). The number of nitrogens with zero attached hydrogens (tertiary/aromatic N) is 2. The van der Waals surface area contributed by atoms with E-state index < -0.39 is 17.5 Å². The molecule has 26 heavy (non-hydrogen) atoms. The number of carbonyl (C=O) groups is 1. The number of aryl methyl sites for hydroxylation is 1. The van der Waals surface area contributed by atoms with Gasteiger partial charge in [0.2, 0.25) is 0 Å². The zero-order valence-corrected chi connectivity index (χ0v) is 14.2. The van der Waals surface area contributed by atoms with Crippen LogP contribution in [0.15, 0.2) is 51.7 Å². The van der Waals surface area contributed by atoms with Gasteiger partial charge in [-0.2, -0.15) is 0 Å². The number of benzene rings is 2. The van der Waals surface area contributed by atoms with Crippen LogP contribution in [0.5, 0.6) is 0 Å². The third-order valence-electron chi connectivity index (χ3n) is 4.03. The van der Waals surface area contributed by atoms with Crippen molar-refractivity contribution in [2.75, 3.05) is 5.32 Å². The maximum Gasteiger partial charge on any atom is 0.419 e. The number of anilines is 1. The molecule has 0 saturated carbocycles.